The number of hydrogen-bond acceptors (Lipinski definition) is 1. The molecule has 0 fully saturated rings. The van der Waals surface area contributed by atoms with Crippen molar-refractivity contribution in [3.05, 3.63) is 128 Å². The van der Waals surface area contributed by atoms with Gasteiger partial charge in [-0.05, 0) is 48.4 Å². The molecule has 7 rings (SSSR count). The Kier molecular flexibility index (Phi) is 3.93. The number of nitrogens with zero attached hydrogens (tertiary/aromatic N) is 1. The first-order valence-electron chi connectivity index (χ1n) is 11.4. The zero-order valence-electron chi connectivity index (χ0n) is 18.1. The Morgan fingerprint density at radius 1 is 0.424 bits per heavy atom. The topological polar surface area (TPSA) is 12.9 Å². The van der Waals surface area contributed by atoms with Gasteiger partial charge in [-0.2, -0.15) is 0 Å². The van der Waals surface area contributed by atoms with E-state index in [-0.39, 0.29) is 0 Å². The second-order valence-corrected chi connectivity index (χ2v) is 12.4. The molecule has 0 unspecified atom stereocenters. The van der Waals surface area contributed by atoms with E-state index in [1.165, 1.54) is 47.9 Å². The second kappa shape index (κ2) is 6.99. The molecule has 6 aromatic rings. The quantitative estimate of drug-likeness (QED) is 0.357. The fourth-order valence-corrected chi connectivity index (χ4v) is 11.5. The maximum Gasteiger partial charge on any atom is 0.183 e. The van der Waals surface area contributed by atoms with Crippen LogP contribution in [0.3, 0.4) is 0 Å². The summed E-state index contributed by atoms with van der Waals surface area (Å²) in [6, 6.07) is 44.7. The summed E-state index contributed by atoms with van der Waals surface area (Å²) in [7, 11) is -2.62. The van der Waals surface area contributed by atoms with E-state index in [2.05, 4.69) is 121 Å². The second-order valence-electron chi connectivity index (χ2n) is 8.75. The van der Waals surface area contributed by atoms with Crippen molar-refractivity contribution in [2.75, 3.05) is 0 Å². The summed E-state index contributed by atoms with van der Waals surface area (Å²) in [5.74, 6) is 0. The minimum Gasteiger partial charge on any atom is -0.256 e. The molecular formula is C31H21NSi. The van der Waals surface area contributed by atoms with Gasteiger partial charge < -0.3 is 0 Å². The molecule has 0 spiro atoms. The predicted octanol–water partition coefficient (Wildman–Crippen LogP) is 4.75. The summed E-state index contributed by atoms with van der Waals surface area (Å²) in [6.07, 6.45) is 1.94. The molecule has 0 aliphatic carbocycles. The average molecular weight is 436 g/mol. The summed E-state index contributed by atoms with van der Waals surface area (Å²) in [5.41, 5.74) is 2.42. The molecule has 0 bridgehead atoms. The number of benzene rings is 5. The Hall–Kier alpha value is -4.01. The van der Waals surface area contributed by atoms with Crippen LogP contribution in [0.5, 0.6) is 0 Å². The highest BCUT2D eigenvalue weighted by Gasteiger charge is 2.50. The first-order chi connectivity index (χ1) is 16.4. The molecule has 33 heavy (non-hydrogen) atoms. The van der Waals surface area contributed by atoms with Crippen LogP contribution in [0.2, 0.25) is 0 Å². The van der Waals surface area contributed by atoms with Crippen LogP contribution in [0.1, 0.15) is 0 Å². The average Bonchev–Trinajstić information content (AvgIpc) is 3.19. The first kappa shape index (κ1) is 18.5. The van der Waals surface area contributed by atoms with Crippen molar-refractivity contribution in [2.45, 2.75) is 0 Å². The number of pyridine rings is 1. The number of fused-ring (bicyclic) bond motifs is 5. The lowest BCUT2D eigenvalue weighted by Gasteiger charge is -2.33. The molecule has 154 valence electrons. The van der Waals surface area contributed by atoms with E-state index in [0.717, 1.165) is 5.69 Å². The van der Waals surface area contributed by atoms with Gasteiger partial charge in [0.2, 0.25) is 0 Å². The molecule has 0 saturated heterocycles. The van der Waals surface area contributed by atoms with Crippen LogP contribution in [0, 0.1) is 0 Å². The van der Waals surface area contributed by atoms with Crippen molar-refractivity contribution in [2.24, 2.45) is 0 Å². The summed E-state index contributed by atoms with van der Waals surface area (Å²) >= 11 is 0. The van der Waals surface area contributed by atoms with Gasteiger partial charge in [-0.3, -0.25) is 4.98 Å². The molecule has 0 radical (unpaired) electrons. The van der Waals surface area contributed by atoms with E-state index in [1.807, 2.05) is 6.20 Å². The molecule has 0 atom stereocenters. The van der Waals surface area contributed by atoms with E-state index < -0.39 is 8.07 Å². The van der Waals surface area contributed by atoms with Gasteiger partial charge in [-0.25, -0.2) is 0 Å². The summed E-state index contributed by atoms with van der Waals surface area (Å²) in [6.45, 7) is 0. The molecule has 2 heterocycles. The van der Waals surface area contributed by atoms with Crippen molar-refractivity contribution >= 4 is 50.4 Å². The van der Waals surface area contributed by atoms with Gasteiger partial charge in [0.05, 0.1) is 5.69 Å². The lowest BCUT2D eigenvalue weighted by molar-refractivity contribution is 1.36. The summed E-state index contributed by atoms with van der Waals surface area (Å²) in [5, 5.41) is 11.0. The molecule has 0 N–H and O–H groups in total. The Morgan fingerprint density at radius 3 is 1.64 bits per heavy atom. The minimum absolute atomic E-state index is 1.14. The predicted molar refractivity (Wildman–Crippen MR) is 142 cm³/mol. The van der Waals surface area contributed by atoms with Gasteiger partial charge in [-0.15, -0.1) is 0 Å². The highest BCUT2D eigenvalue weighted by Crippen LogP contribution is 2.30. The zero-order valence-corrected chi connectivity index (χ0v) is 19.1. The monoisotopic (exact) mass is 435 g/mol. The molecule has 1 aliphatic heterocycles. The highest BCUT2D eigenvalue weighted by molar-refractivity contribution is 7.23. The minimum atomic E-state index is -2.62. The lowest BCUT2D eigenvalue weighted by Crippen LogP contribution is -2.73. The molecular weight excluding hydrogens is 414 g/mol. The first-order valence-corrected chi connectivity index (χ1v) is 13.4. The summed E-state index contributed by atoms with van der Waals surface area (Å²) in [4.78, 5) is 4.94. The van der Waals surface area contributed by atoms with Crippen LogP contribution in [0.15, 0.2) is 128 Å². The fourth-order valence-electron chi connectivity index (χ4n) is 5.91. The molecule has 1 aromatic heterocycles. The maximum absolute atomic E-state index is 4.94. The smallest absolute Gasteiger partial charge is 0.183 e. The Morgan fingerprint density at radius 2 is 0.939 bits per heavy atom. The van der Waals surface area contributed by atoms with Gasteiger partial charge in [0, 0.05) is 11.8 Å². The van der Waals surface area contributed by atoms with Crippen LogP contribution in [0.25, 0.3) is 32.8 Å². The van der Waals surface area contributed by atoms with E-state index in [0.29, 0.717) is 0 Å². The van der Waals surface area contributed by atoms with Crippen molar-refractivity contribution in [1.82, 2.24) is 4.98 Å². The van der Waals surface area contributed by atoms with Crippen LogP contribution in [0.4, 0.5) is 0 Å². The molecule has 1 nitrogen and oxygen atoms in total. The molecule has 0 saturated carbocycles. The lowest BCUT2D eigenvalue weighted by atomic mass is 10.1. The van der Waals surface area contributed by atoms with Crippen molar-refractivity contribution in [3.8, 4) is 11.3 Å². The fraction of sp³-hybridized carbons (Fsp3) is 0. The molecule has 5 aromatic carbocycles. The van der Waals surface area contributed by atoms with E-state index in [4.69, 9.17) is 4.98 Å². The van der Waals surface area contributed by atoms with Gasteiger partial charge >= 0.3 is 0 Å². The number of rotatable bonds is 2. The third-order valence-electron chi connectivity index (χ3n) is 7.19. The van der Waals surface area contributed by atoms with Gasteiger partial charge in [0.1, 0.15) is 0 Å². The Balaban J connectivity index is 1.76. The third-order valence-corrected chi connectivity index (χ3v) is 12.1. The standard InChI is InChI=1S/C31H21NSi/c1-3-14-24-22(10-1)12-7-18-27(24)33(28-19-8-13-23-11-2-4-15-25(23)28)29-17-6-5-16-26(29)31-30(33)20-9-21-32-31/h1-21H. The summed E-state index contributed by atoms with van der Waals surface area (Å²) < 4.78 is 0. The third kappa shape index (κ3) is 2.44. The Labute approximate surface area is 194 Å². The number of hydrogen-bond donors (Lipinski definition) is 0. The van der Waals surface area contributed by atoms with E-state index in [9.17, 15) is 0 Å². The maximum atomic E-state index is 4.94. The highest BCUT2D eigenvalue weighted by atomic mass is 28.3. The molecule has 1 aliphatic rings. The van der Waals surface area contributed by atoms with Crippen molar-refractivity contribution in [3.63, 3.8) is 0 Å². The van der Waals surface area contributed by atoms with E-state index in [1.54, 1.807) is 0 Å². The number of aromatic nitrogens is 1. The van der Waals surface area contributed by atoms with Crippen molar-refractivity contribution in [1.29, 1.82) is 0 Å². The SMILES string of the molecule is c1ccc2c(c1)-c1ncccc1[Si]2(c1cccc2ccccc12)c1cccc2ccccc12. The van der Waals surface area contributed by atoms with Crippen LogP contribution >= 0.6 is 0 Å². The Bertz CT molecular complexity index is 1550. The van der Waals surface area contributed by atoms with Crippen LogP contribution in [-0.4, -0.2) is 13.1 Å². The molecule has 0 amide bonds. The van der Waals surface area contributed by atoms with Crippen molar-refractivity contribution < 1.29 is 0 Å². The van der Waals surface area contributed by atoms with Crippen LogP contribution < -0.4 is 20.7 Å². The zero-order chi connectivity index (χ0) is 21.8. The molecule has 2 heteroatoms. The van der Waals surface area contributed by atoms with Gasteiger partial charge in [-0.1, -0.05) is 115 Å². The van der Waals surface area contributed by atoms with Gasteiger partial charge in [0.25, 0.3) is 0 Å². The van der Waals surface area contributed by atoms with Crippen LogP contribution in [-0.2, 0) is 0 Å². The normalized spacial score (nSPS) is 13.7. The van der Waals surface area contributed by atoms with Gasteiger partial charge in [0.15, 0.2) is 8.07 Å². The van der Waals surface area contributed by atoms with E-state index >= 15 is 0 Å². The largest absolute Gasteiger partial charge is 0.256 e.